The molecule has 5 heteroatoms. The Morgan fingerprint density at radius 3 is 2.71 bits per heavy atom. The van der Waals surface area contributed by atoms with Gasteiger partial charge in [0.25, 0.3) is 0 Å². The van der Waals surface area contributed by atoms with E-state index in [4.69, 9.17) is 17.0 Å². The molecule has 0 amide bonds. The van der Waals surface area contributed by atoms with Gasteiger partial charge >= 0.3 is 0 Å². The molecule has 24 heavy (non-hydrogen) atoms. The number of hydrogen-bond donors (Lipinski definition) is 2. The van der Waals surface area contributed by atoms with Crippen molar-refractivity contribution >= 4 is 40.0 Å². The lowest BCUT2D eigenvalue weighted by Crippen LogP contribution is -2.23. The lowest BCUT2D eigenvalue weighted by Gasteiger charge is -2.08. The third-order valence-electron chi connectivity index (χ3n) is 3.52. The highest BCUT2D eigenvalue weighted by molar-refractivity contribution is 7.80. The van der Waals surface area contributed by atoms with Crippen LogP contribution < -0.4 is 15.5 Å². The van der Waals surface area contributed by atoms with Crippen LogP contribution in [0.3, 0.4) is 0 Å². The van der Waals surface area contributed by atoms with Crippen molar-refractivity contribution in [2.75, 3.05) is 12.4 Å². The maximum atomic E-state index is 5.25. The molecule has 0 saturated carbocycles. The molecule has 0 spiro atoms. The molecule has 0 saturated heterocycles. The molecule has 0 heterocycles. The van der Waals surface area contributed by atoms with Crippen LogP contribution in [0.1, 0.15) is 5.56 Å². The van der Waals surface area contributed by atoms with E-state index < -0.39 is 0 Å². The fourth-order valence-corrected chi connectivity index (χ4v) is 2.55. The van der Waals surface area contributed by atoms with Gasteiger partial charge in [-0.25, -0.2) is 0 Å². The third-order valence-corrected chi connectivity index (χ3v) is 3.71. The summed E-state index contributed by atoms with van der Waals surface area (Å²) in [4.78, 5) is 0. The van der Waals surface area contributed by atoms with Crippen LogP contribution in [0.4, 0.5) is 5.69 Å². The maximum Gasteiger partial charge on any atom is 0.191 e. The molecule has 120 valence electrons. The van der Waals surface area contributed by atoms with E-state index in [0.717, 1.165) is 22.4 Å². The number of hydrogen-bond acceptors (Lipinski definition) is 3. The first-order chi connectivity index (χ1) is 11.8. The zero-order valence-corrected chi connectivity index (χ0v) is 14.0. The van der Waals surface area contributed by atoms with Crippen molar-refractivity contribution < 1.29 is 4.74 Å². The Morgan fingerprint density at radius 2 is 1.83 bits per heavy atom. The maximum absolute atomic E-state index is 5.25. The average molecular weight is 335 g/mol. The Kier molecular flexibility index (Phi) is 5.03. The van der Waals surface area contributed by atoms with Gasteiger partial charge in [-0.1, -0.05) is 48.5 Å². The Morgan fingerprint density at radius 1 is 1.04 bits per heavy atom. The Bertz CT molecular complexity index is 887. The van der Waals surface area contributed by atoms with Crippen LogP contribution in [0, 0.1) is 0 Å². The monoisotopic (exact) mass is 335 g/mol. The summed E-state index contributed by atoms with van der Waals surface area (Å²) in [5.41, 5.74) is 4.70. The normalized spacial score (nSPS) is 10.7. The van der Waals surface area contributed by atoms with Crippen molar-refractivity contribution in [3.05, 3.63) is 72.3 Å². The number of nitrogens with zero attached hydrogens (tertiary/aromatic N) is 1. The molecule has 0 unspecified atom stereocenters. The summed E-state index contributed by atoms with van der Waals surface area (Å²) in [6.45, 7) is 0. The number of benzene rings is 3. The number of rotatable bonds is 4. The number of nitrogens with one attached hydrogen (secondary N) is 2. The SMILES string of the molecule is COc1cccc(NC(=S)N/N=C/c2cccc3ccccc23)c1. The van der Waals surface area contributed by atoms with Crippen molar-refractivity contribution in [2.45, 2.75) is 0 Å². The summed E-state index contributed by atoms with van der Waals surface area (Å²) >= 11 is 5.25. The molecule has 0 aliphatic carbocycles. The molecule has 3 aromatic rings. The second kappa shape index (κ2) is 7.57. The average Bonchev–Trinajstić information content (AvgIpc) is 2.62. The Hall–Kier alpha value is -2.92. The van der Waals surface area contributed by atoms with E-state index in [0.29, 0.717) is 5.11 Å². The van der Waals surface area contributed by atoms with Crippen molar-refractivity contribution in [1.29, 1.82) is 0 Å². The summed E-state index contributed by atoms with van der Waals surface area (Å²) < 4.78 is 5.18. The van der Waals surface area contributed by atoms with Gasteiger partial charge in [0.15, 0.2) is 5.11 Å². The number of thiocarbonyl (C=S) groups is 1. The molecule has 3 rings (SSSR count). The molecule has 0 aromatic heterocycles. The summed E-state index contributed by atoms with van der Waals surface area (Å²) in [6.07, 6.45) is 1.77. The molecule has 3 aromatic carbocycles. The topological polar surface area (TPSA) is 45.6 Å². The molecule has 0 atom stereocenters. The first-order valence-corrected chi connectivity index (χ1v) is 7.89. The molecular weight excluding hydrogens is 318 g/mol. The molecule has 0 bridgehead atoms. The van der Waals surface area contributed by atoms with Crippen LogP contribution in [0.25, 0.3) is 10.8 Å². The van der Waals surface area contributed by atoms with E-state index in [1.54, 1.807) is 13.3 Å². The lowest BCUT2D eigenvalue weighted by atomic mass is 10.1. The second-order valence-electron chi connectivity index (χ2n) is 5.12. The Balaban J connectivity index is 1.66. The van der Waals surface area contributed by atoms with Crippen LogP contribution in [0.2, 0.25) is 0 Å². The zero-order valence-electron chi connectivity index (χ0n) is 13.2. The number of fused-ring (bicyclic) bond motifs is 1. The van der Waals surface area contributed by atoms with Gasteiger partial charge < -0.3 is 10.1 Å². The van der Waals surface area contributed by atoms with Gasteiger partial charge in [0.1, 0.15) is 5.75 Å². The molecule has 0 radical (unpaired) electrons. The van der Waals surface area contributed by atoms with Crippen molar-refractivity contribution in [3.8, 4) is 5.75 Å². The van der Waals surface area contributed by atoms with E-state index >= 15 is 0 Å². The van der Waals surface area contributed by atoms with E-state index in [-0.39, 0.29) is 0 Å². The summed E-state index contributed by atoms with van der Waals surface area (Å²) in [5.74, 6) is 0.766. The fraction of sp³-hybridized carbons (Fsp3) is 0.0526. The summed E-state index contributed by atoms with van der Waals surface area (Å²) in [7, 11) is 1.63. The van der Waals surface area contributed by atoms with Gasteiger partial charge in [-0.2, -0.15) is 5.10 Å². The fourth-order valence-electron chi connectivity index (χ4n) is 2.38. The largest absolute Gasteiger partial charge is 0.497 e. The predicted octanol–water partition coefficient (Wildman–Crippen LogP) is 4.17. The van der Waals surface area contributed by atoms with Gasteiger partial charge in [0.05, 0.1) is 13.3 Å². The van der Waals surface area contributed by atoms with Gasteiger partial charge in [0.2, 0.25) is 0 Å². The van der Waals surface area contributed by atoms with E-state index in [1.807, 2.05) is 48.5 Å². The molecular formula is C19H17N3OS. The van der Waals surface area contributed by atoms with Crippen LogP contribution in [-0.4, -0.2) is 18.4 Å². The minimum absolute atomic E-state index is 0.416. The zero-order chi connectivity index (χ0) is 16.8. The van der Waals surface area contributed by atoms with E-state index in [2.05, 4.69) is 34.0 Å². The quantitative estimate of drug-likeness (QED) is 0.427. The minimum atomic E-state index is 0.416. The molecule has 0 fully saturated rings. The number of ether oxygens (including phenoxy) is 1. The summed E-state index contributed by atoms with van der Waals surface area (Å²) in [5, 5.41) is 10.0. The molecule has 0 aliphatic heterocycles. The molecule has 4 nitrogen and oxygen atoms in total. The van der Waals surface area contributed by atoms with Crippen LogP contribution in [0.5, 0.6) is 5.75 Å². The highest BCUT2D eigenvalue weighted by Gasteiger charge is 1.99. The van der Waals surface area contributed by atoms with Crippen molar-refractivity contribution in [1.82, 2.24) is 5.43 Å². The van der Waals surface area contributed by atoms with Crippen LogP contribution >= 0.6 is 12.2 Å². The highest BCUT2D eigenvalue weighted by Crippen LogP contribution is 2.17. The third kappa shape index (κ3) is 3.88. The van der Waals surface area contributed by atoms with Crippen molar-refractivity contribution in [3.63, 3.8) is 0 Å². The smallest absolute Gasteiger partial charge is 0.191 e. The number of methoxy groups -OCH3 is 1. The molecule has 0 aliphatic rings. The Labute approximate surface area is 146 Å². The minimum Gasteiger partial charge on any atom is -0.497 e. The van der Waals surface area contributed by atoms with Crippen LogP contribution in [-0.2, 0) is 0 Å². The first kappa shape index (κ1) is 16.0. The predicted molar refractivity (Wildman–Crippen MR) is 104 cm³/mol. The highest BCUT2D eigenvalue weighted by atomic mass is 32.1. The van der Waals surface area contributed by atoms with Gasteiger partial charge in [-0.15, -0.1) is 0 Å². The van der Waals surface area contributed by atoms with Gasteiger partial charge in [0, 0.05) is 17.3 Å². The molecule has 2 N–H and O–H groups in total. The summed E-state index contributed by atoms with van der Waals surface area (Å²) in [6, 6.07) is 21.8. The number of anilines is 1. The van der Waals surface area contributed by atoms with Gasteiger partial charge in [-0.05, 0) is 35.1 Å². The van der Waals surface area contributed by atoms with Gasteiger partial charge in [-0.3, -0.25) is 5.43 Å². The van der Waals surface area contributed by atoms with Crippen LogP contribution in [0.15, 0.2) is 71.8 Å². The first-order valence-electron chi connectivity index (χ1n) is 7.48. The van der Waals surface area contributed by atoms with E-state index in [1.165, 1.54) is 5.39 Å². The lowest BCUT2D eigenvalue weighted by molar-refractivity contribution is 0.415. The second-order valence-corrected chi connectivity index (χ2v) is 5.53. The standard InChI is InChI=1S/C19H17N3OS/c1-23-17-10-5-9-16(12-17)21-19(24)22-20-13-15-8-4-7-14-6-2-3-11-18(14)15/h2-13H,1H3,(H2,21,22,24)/b20-13+. The van der Waals surface area contributed by atoms with Crippen molar-refractivity contribution in [2.24, 2.45) is 5.10 Å². The van der Waals surface area contributed by atoms with E-state index in [9.17, 15) is 0 Å². The number of hydrazone groups is 1.